The second-order valence-corrected chi connectivity index (χ2v) is 5.52. The third-order valence-corrected chi connectivity index (χ3v) is 4.02. The SMILES string of the molecule is CNC1CCN(Cc2cc(Cl)c3c(c2)OCCO3)C1.Cl. The maximum Gasteiger partial charge on any atom is 0.179 e. The first-order valence-corrected chi connectivity index (χ1v) is 7.11. The number of benzene rings is 1. The minimum Gasteiger partial charge on any atom is -0.486 e. The molecule has 20 heavy (non-hydrogen) atoms. The molecule has 0 saturated carbocycles. The quantitative estimate of drug-likeness (QED) is 0.927. The summed E-state index contributed by atoms with van der Waals surface area (Å²) in [6.45, 7) is 4.29. The smallest absolute Gasteiger partial charge is 0.179 e. The topological polar surface area (TPSA) is 33.7 Å². The highest BCUT2D eigenvalue weighted by Gasteiger charge is 2.22. The van der Waals surface area contributed by atoms with E-state index in [9.17, 15) is 0 Å². The van der Waals surface area contributed by atoms with Crippen LogP contribution < -0.4 is 14.8 Å². The second kappa shape index (κ2) is 6.85. The zero-order valence-electron chi connectivity index (χ0n) is 11.5. The molecule has 1 aromatic rings. The Morgan fingerprint density at radius 2 is 2.15 bits per heavy atom. The van der Waals surface area contributed by atoms with Crippen molar-refractivity contribution < 1.29 is 9.47 Å². The van der Waals surface area contributed by atoms with Gasteiger partial charge in [-0.3, -0.25) is 4.90 Å². The summed E-state index contributed by atoms with van der Waals surface area (Å²) in [4.78, 5) is 2.43. The Hall–Kier alpha value is -0.680. The van der Waals surface area contributed by atoms with Crippen LogP contribution in [0.25, 0.3) is 0 Å². The molecule has 6 heteroatoms. The van der Waals surface area contributed by atoms with Crippen LogP contribution >= 0.6 is 24.0 Å². The van der Waals surface area contributed by atoms with Gasteiger partial charge >= 0.3 is 0 Å². The average molecular weight is 319 g/mol. The van der Waals surface area contributed by atoms with E-state index in [2.05, 4.69) is 10.2 Å². The average Bonchev–Trinajstić information content (AvgIpc) is 2.86. The lowest BCUT2D eigenvalue weighted by Crippen LogP contribution is -2.29. The summed E-state index contributed by atoms with van der Waals surface area (Å²) in [6, 6.07) is 4.64. The van der Waals surface area contributed by atoms with Gasteiger partial charge in [-0.25, -0.2) is 0 Å². The largest absolute Gasteiger partial charge is 0.486 e. The highest BCUT2D eigenvalue weighted by molar-refractivity contribution is 6.32. The maximum absolute atomic E-state index is 6.25. The van der Waals surface area contributed by atoms with Gasteiger partial charge in [-0.1, -0.05) is 11.6 Å². The summed E-state index contributed by atoms with van der Waals surface area (Å²) >= 11 is 6.25. The van der Waals surface area contributed by atoms with E-state index in [-0.39, 0.29) is 12.4 Å². The Bertz CT molecular complexity index is 471. The number of likely N-dealkylation sites (tertiary alicyclic amines) is 1. The van der Waals surface area contributed by atoms with Gasteiger partial charge < -0.3 is 14.8 Å². The molecule has 0 bridgehead atoms. The van der Waals surface area contributed by atoms with Gasteiger partial charge in [0.2, 0.25) is 0 Å². The van der Waals surface area contributed by atoms with Crippen LogP contribution in [0.2, 0.25) is 5.02 Å². The van der Waals surface area contributed by atoms with Crippen molar-refractivity contribution in [2.45, 2.75) is 19.0 Å². The molecule has 0 amide bonds. The number of likely N-dealkylation sites (N-methyl/N-ethyl adjacent to an activating group) is 1. The summed E-state index contributed by atoms with van der Waals surface area (Å²) in [5.41, 5.74) is 1.19. The van der Waals surface area contributed by atoms with Gasteiger partial charge in [0, 0.05) is 25.7 Å². The zero-order chi connectivity index (χ0) is 13.2. The van der Waals surface area contributed by atoms with E-state index in [0.29, 0.717) is 30.0 Å². The van der Waals surface area contributed by atoms with Gasteiger partial charge in [-0.15, -0.1) is 12.4 Å². The third kappa shape index (κ3) is 3.31. The number of hydrogen-bond donors (Lipinski definition) is 1. The number of rotatable bonds is 3. The molecule has 4 nitrogen and oxygen atoms in total. The van der Waals surface area contributed by atoms with Crippen LogP contribution in [0.4, 0.5) is 0 Å². The Labute approximate surface area is 130 Å². The van der Waals surface area contributed by atoms with Crippen LogP contribution in [0.5, 0.6) is 11.5 Å². The number of fused-ring (bicyclic) bond motifs is 1. The summed E-state index contributed by atoms with van der Waals surface area (Å²) < 4.78 is 11.1. The van der Waals surface area contributed by atoms with Gasteiger partial charge in [0.25, 0.3) is 0 Å². The predicted molar refractivity (Wildman–Crippen MR) is 82.4 cm³/mol. The fraction of sp³-hybridized carbons (Fsp3) is 0.571. The third-order valence-electron chi connectivity index (χ3n) is 3.74. The van der Waals surface area contributed by atoms with Crippen molar-refractivity contribution in [3.05, 3.63) is 22.7 Å². The van der Waals surface area contributed by atoms with E-state index < -0.39 is 0 Å². The molecule has 1 fully saturated rings. The van der Waals surface area contributed by atoms with Crippen molar-refractivity contribution in [1.82, 2.24) is 10.2 Å². The fourth-order valence-corrected chi connectivity index (χ4v) is 3.01. The second-order valence-electron chi connectivity index (χ2n) is 5.11. The molecule has 0 spiro atoms. The first kappa shape index (κ1) is 15.7. The molecule has 2 heterocycles. The highest BCUT2D eigenvalue weighted by Crippen LogP contribution is 2.38. The van der Waals surface area contributed by atoms with E-state index in [1.165, 1.54) is 12.0 Å². The number of nitrogens with zero attached hydrogens (tertiary/aromatic N) is 1. The van der Waals surface area contributed by atoms with Crippen molar-refractivity contribution in [3.63, 3.8) is 0 Å². The van der Waals surface area contributed by atoms with Crippen molar-refractivity contribution >= 4 is 24.0 Å². The van der Waals surface area contributed by atoms with Gasteiger partial charge in [-0.2, -0.15) is 0 Å². The van der Waals surface area contributed by atoms with E-state index in [1.54, 1.807) is 0 Å². The molecule has 2 aliphatic heterocycles. The molecule has 0 radical (unpaired) electrons. The molecule has 3 rings (SSSR count). The van der Waals surface area contributed by atoms with Gasteiger partial charge in [0.1, 0.15) is 13.2 Å². The Kier molecular flexibility index (Phi) is 5.38. The minimum absolute atomic E-state index is 0. The normalized spacial score (nSPS) is 21.6. The fourth-order valence-electron chi connectivity index (χ4n) is 2.73. The van der Waals surface area contributed by atoms with E-state index in [0.717, 1.165) is 25.4 Å². The molecular weight excluding hydrogens is 299 g/mol. The first-order valence-electron chi connectivity index (χ1n) is 6.74. The molecule has 1 atom stereocenters. The standard InChI is InChI=1S/C14H19ClN2O2.ClH/c1-16-11-2-3-17(9-11)8-10-6-12(15)14-13(7-10)18-4-5-19-14;/h6-7,11,16H,2-5,8-9H2,1H3;1H. The Morgan fingerprint density at radius 3 is 2.90 bits per heavy atom. The van der Waals surface area contributed by atoms with Gasteiger partial charge in [-0.05, 0) is 31.2 Å². The van der Waals surface area contributed by atoms with Crippen LogP contribution in [-0.4, -0.2) is 44.3 Å². The molecule has 1 N–H and O–H groups in total. The summed E-state index contributed by atoms with van der Waals surface area (Å²) in [7, 11) is 2.02. The lowest BCUT2D eigenvalue weighted by atomic mass is 10.2. The van der Waals surface area contributed by atoms with E-state index in [4.69, 9.17) is 21.1 Å². The van der Waals surface area contributed by atoms with Crippen LogP contribution in [0.15, 0.2) is 12.1 Å². The highest BCUT2D eigenvalue weighted by atomic mass is 35.5. The number of hydrogen-bond acceptors (Lipinski definition) is 4. The van der Waals surface area contributed by atoms with Crippen molar-refractivity contribution in [2.75, 3.05) is 33.4 Å². The number of nitrogens with one attached hydrogen (secondary N) is 1. The molecule has 0 aliphatic carbocycles. The first-order chi connectivity index (χ1) is 9.26. The number of halogens is 2. The van der Waals surface area contributed by atoms with Crippen molar-refractivity contribution in [2.24, 2.45) is 0 Å². The summed E-state index contributed by atoms with van der Waals surface area (Å²) in [6.07, 6.45) is 1.20. The molecule has 1 aromatic carbocycles. The Morgan fingerprint density at radius 1 is 1.35 bits per heavy atom. The molecule has 112 valence electrons. The van der Waals surface area contributed by atoms with Crippen LogP contribution in [-0.2, 0) is 6.54 Å². The van der Waals surface area contributed by atoms with Gasteiger partial charge in [0.15, 0.2) is 11.5 Å². The maximum atomic E-state index is 6.25. The molecule has 0 aromatic heterocycles. The van der Waals surface area contributed by atoms with Gasteiger partial charge in [0.05, 0.1) is 5.02 Å². The van der Waals surface area contributed by atoms with Crippen LogP contribution in [0, 0.1) is 0 Å². The zero-order valence-corrected chi connectivity index (χ0v) is 13.1. The van der Waals surface area contributed by atoms with Crippen molar-refractivity contribution in [1.29, 1.82) is 0 Å². The lowest BCUT2D eigenvalue weighted by Gasteiger charge is -2.22. The molecular formula is C14H20Cl2N2O2. The monoisotopic (exact) mass is 318 g/mol. The van der Waals surface area contributed by atoms with E-state index in [1.807, 2.05) is 19.2 Å². The van der Waals surface area contributed by atoms with E-state index >= 15 is 0 Å². The van der Waals surface area contributed by atoms with Crippen LogP contribution in [0.1, 0.15) is 12.0 Å². The predicted octanol–water partition coefficient (Wildman–Crippen LogP) is 2.33. The van der Waals surface area contributed by atoms with Crippen LogP contribution in [0.3, 0.4) is 0 Å². The van der Waals surface area contributed by atoms with Crippen molar-refractivity contribution in [3.8, 4) is 11.5 Å². The minimum atomic E-state index is 0. The molecule has 1 saturated heterocycles. The Balaban J connectivity index is 0.00000147. The molecule has 1 unspecified atom stereocenters. The lowest BCUT2D eigenvalue weighted by molar-refractivity contribution is 0.171. The molecule has 2 aliphatic rings. The summed E-state index contributed by atoms with van der Waals surface area (Å²) in [5, 5.41) is 3.98. The summed E-state index contributed by atoms with van der Waals surface area (Å²) in [5.74, 6) is 1.46. The number of ether oxygens (including phenoxy) is 2.